The van der Waals surface area contributed by atoms with E-state index < -0.39 is 12.1 Å². The molecule has 0 fully saturated rings. The predicted molar refractivity (Wildman–Crippen MR) is 174 cm³/mol. The molecule has 5 aromatic rings. The van der Waals surface area contributed by atoms with E-state index in [0.717, 1.165) is 12.8 Å². The third kappa shape index (κ3) is 7.87. The molecule has 230 valence electrons. The van der Waals surface area contributed by atoms with Gasteiger partial charge in [0.1, 0.15) is 22.8 Å². The standard InChI is InChI=1S/C35H32ClN3O6/c1-2-3-19-39-32-29(17-9-18-37-32)30(31(33(39)40)38-35(42)45-27-14-5-4-6-15-27)24-11-8-16-28(23-24)43-20-10-21-44-34(41)25-12-7-13-26(36)22-25/h4-9,11-18,22-23H,2-3,10,19-21H2,1H3,(H,38,42). The van der Waals surface area contributed by atoms with Crippen LogP contribution in [-0.4, -0.2) is 34.8 Å². The zero-order valence-corrected chi connectivity index (χ0v) is 25.5. The van der Waals surface area contributed by atoms with Crippen molar-refractivity contribution in [3.63, 3.8) is 0 Å². The number of amides is 1. The minimum absolute atomic E-state index is 0.0811. The summed E-state index contributed by atoms with van der Waals surface area (Å²) in [6, 6.07) is 26.1. The van der Waals surface area contributed by atoms with Crippen LogP contribution < -0.4 is 20.3 Å². The first kappa shape index (κ1) is 31.3. The van der Waals surface area contributed by atoms with E-state index >= 15 is 0 Å². The van der Waals surface area contributed by atoms with E-state index in [9.17, 15) is 14.4 Å². The lowest BCUT2D eigenvalue weighted by atomic mass is 10.00. The molecule has 0 saturated carbocycles. The molecule has 0 unspecified atom stereocenters. The normalized spacial score (nSPS) is 10.8. The number of rotatable bonds is 12. The Labute approximate surface area is 265 Å². The van der Waals surface area contributed by atoms with Gasteiger partial charge in [0.2, 0.25) is 0 Å². The van der Waals surface area contributed by atoms with Gasteiger partial charge in [-0.2, -0.15) is 0 Å². The Morgan fingerprint density at radius 1 is 0.889 bits per heavy atom. The summed E-state index contributed by atoms with van der Waals surface area (Å²) in [5, 5.41) is 3.87. The average Bonchev–Trinajstić information content (AvgIpc) is 3.05. The fourth-order valence-corrected chi connectivity index (χ4v) is 4.99. The van der Waals surface area contributed by atoms with E-state index in [1.807, 2.05) is 25.1 Å². The first-order chi connectivity index (χ1) is 21.9. The Kier molecular flexibility index (Phi) is 10.4. The number of carbonyl (C=O) groups is 2. The van der Waals surface area contributed by atoms with Crippen molar-refractivity contribution in [3.8, 4) is 22.6 Å². The van der Waals surface area contributed by atoms with E-state index in [1.54, 1.807) is 83.6 Å². The predicted octanol–water partition coefficient (Wildman–Crippen LogP) is 7.75. The van der Waals surface area contributed by atoms with Crippen LogP contribution >= 0.6 is 11.6 Å². The molecule has 2 heterocycles. The third-order valence-electron chi connectivity index (χ3n) is 6.91. The maximum atomic E-state index is 13.9. The Morgan fingerprint density at radius 3 is 2.49 bits per heavy atom. The number of para-hydroxylation sites is 1. The molecule has 5 rings (SSSR count). The molecule has 9 nitrogen and oxygen atoms in total. The number of unbranched alkanes of at least 4 members (excludes halogenated alkanes) is 1. The highest BCUT2D eigenvalue weighted by Crippen LogP contribution is 2.35. The summed E-state index contributed by atoms with van der Waals surface area (Å²) in [6.07, 6.45) is 2.94. The number of nitrogens with zero attached hydrogens (tertiary/aromatic N) is 2. The monoisotopic (exact) mass is 625 g/mol. The van der Waals surface area contributed by atoms with Gasteiger partial charge in [0.25, 0.3) is 5.56 Å². The van der Waals surface area contributed by atoms with Crippen molar-refractivity contribution in [1.29, 1.82) is 0 Å². The number of aromatic nitrogens is 2. The first-order valence-corrected chi connectivity index (χ1v) is 15.0. The number of aryl methyl sites for hydroxylation is 1. The second kappa shape index (κ2) is 15.0. The van der Waals surface area contributed by atoms with Crippen molar-refractivity contribution in [3.05, 3.63) is 118 Å². The molecule has 2 aromatic heterocycles. The van der Waals surface area contributed by atoms with E-state index in [-0.39, 0.29) is 24.5 Å². The lowest BCUT2D eigenvalue weighted by Crippen LogP contribution is -2.29. The van der Waals surface area contributed by atoms with Crippen LogP contribution in [0.5, 0.6) is 11.5 Å². The number of ether oxygens (including phenoxy) is 3. The summed E-state index contributed by atoms with van der Waals surface area (Å²) in [6.45, 7) is 2.92. The summed E-state index contributed by atoms with van der Waals surface area (Å²) in [5.41, 5.74) is 1.74. The van der Waals surface area contributed by atoms with Gasteiger partial charge < -0.3 is 14.2 Å². The molecule has 3 aromatic carbocycles. The Morgan fingerprint density at radius 2 is 1.69 bits per heavy atom. The summed E-state index contributed by atoms with van der Waals surface area (Å²) in [7, 11) is 0. The molecule has 0 atom stereocenters. The van der Waals surface area contributed by atoms with Gasteiger partial charge in [0.05, 0.1) is 18.8 Å². The maximum absolute atomic E-state index is 13.9. The Hall–Kier alpha value is -5.15. The van der Waals surface area contributed by atoms with Crippen LogP contribution in [0.3, 0.4) is 0 Å². The largest absolute Gasteiger partial charge is 0.493 e. The number of pyridine rings is 2. The van der Waals surface area contributed by atoms with Crippen LogP contribution in [0.2, 0.25) is 5.02 Å². The van der Waals surface area contributed by atoms with Crippen LogP contribution in [0, 0.1) is 0 Å². The molecule has 1 amide bonds. The lowest BCUT2D eigenvalue weighted by molar-refractivity contribution is 0.0486. The van der Waals surface area contributed by atoms with Gasteiger partial charge in [-0.05, 0) is 66.6 Å². The minimum Gasteiger partial charge on any atom is -0.493 e. The van der Waals surface area contributed by atoms with Crippen LogP contribution in [0.4, 0.5) is 10.5 Å². The van der Waals surface area contributed by atoms with Crippen molar-refractivity contribution >= 4 is 40.4 Å². The molecular weight excluding hydrogens is 594 g/mol. The van der Waals surface area contributed by atoms with E-state index in [0.29, 0.717) is 57.2 Å². The maximum Gasteiger partial charge on any atom is 0.417 e. The van der Waals surface area contributed by atoms with E-state index in [2.05, 4.69) is 10.3 Å². The van der Waals surface area contributed by atoms with Gasteiger partial charge in [-0.25, -0.2) is 14.6 Å². The fourth-order valence-electron chi connectivity index (χ4n) is 4.80. The Bertz CT molecular complexity index is 1860. The summed E-state index contributed by atoms with van der Waals surface area (Å²) in [5.74, 6) is 0.428. The van der Waals surface area contributed by atoms with Crippen molar-refractivity contribution in [2.24, 2.45) is 0 Å². The number of nitrogens with one attached hydrogen (secondary N) is 1. The van der Waals surface area contributed by atoms with Gasteiger partial charge in [-0.3, -0.25) is 14.7 Å². The number of benzene rings is 3. The van der Waals surface area contributed by atoms with Gasteiger partial charge >= 0.3 is 12.1 Å². The summed E-state index contributed by atoms with van der Waals surface area (Å²) < 4.78 is 18.4. The van der Waals surface area contributed by atoms with Crippen LogP contribution in [0.25, 0.3) is 22.2 Å². The fraction of sp³-hybridized carbons (Fsp3) is 0.200. The molecule has 45 heavy (non-hydrogen) atoms. The summed E-state index contributed by atoms with van der Waals surface area (Å²) >= 11 is 5.96. The average molecular weight is 626 g/mol. The highest BCUT2D eigenvalue weighted by atomic mass is 35.5. The number of esters is 1. The highest BCUT2D eigenvalue weighted by Gasteiger charge is 2.22. The topological polar surface area (TPSA) is 109 Å². The second-order valence-electron chi connectivity index (χ2n) is 10.1. The van der Waals surface area contributed by atoms with E-state index in [4.69, 9.17) is 25.8 Å². The highest BCUT2D eigenvalue weighted by molar-refractivity contribution is 6.30. The molecule has 1 N–H and O–H groups in total. The zero-order valence-electron chi connectivity index (χ0n) is 24.7. The molecular formula is C35H32ClN3O6. The molecule has 0 bridgehead atoms. The minimum atomic E-state index is -0.787. The van der Waals surface area contributed by atoms with Crippen molar-refractivity contribution in [2.75, 3.05) is 18.5 Å². The second-order valence-corrected chi connectivity index (χ2v) is 10.6. The lowest BCUT2D eigenvalue weighted by Gasteiger charge is -2.18. The third-order valence-corrected chi connectivity index (χ3v) is 7.15. The van der Waals surface area contributed by atoms with Crippen molar-refractivity contribution in [2.45, 2.75) is 32.7 Å². The number of anilines is 1. The SMILES string of the molecule is CCCCn1c(=O)c(NC(=O)Oc2ccccc2)c(-c2cccc(OCCCOC(=O)c3cccc(Cl)c3)c2)c2cccnc21. The number of hydrogen-bond acceptors (Lipinski definition) is 7. The van der Waals surface area contributed by atoms with Gasteiger partial charge in [0.15, 0.2) is 0 Å². The molecule has 0 saturated heterocycles. The number of fused-ring (bicyclic) bond motifs is 1. The smallest absolute Gasteiger partial charge is 0.417 e. The van der Waals surface area contributed by atoms with Crippen molar-refractivity contribution < 1.29 is 23.8 Å². The molecule has 0 spiro atoms. The molecule has 0 aliphatic carbocycles. The number of hydrogen-bond donors (Lipinski definition) is 1. The summed E-state index contributed by atoms with van der Waals surface area (Å²) in [4.78, 5) is 43.8. The zero-order chi connectivity index (χ0) is 31.6. The van der Waals surface area contributed by atoms with Gasteiger partial charge in [-0.1, -0.05) is 61.3 Å². The van der Waals surface area contributed by atoms with Crippen LogP contribution in [-0.2, 0) is 11.3 Å². The molecule has 0 radical (unpaired) electrons. The first-order valence-electron chi connectivity index (χ1n) is 14.7. The molecule has 10 heteroatoms. The van der Waals surface area contributed by atoms with Gasteiger partial charge in [-0.15, -0.1) is 0 Å². The van der Waals surface area contributed by atoms with Gasteiger partial charge in [0, 0.05) is 35.1 Å². The van der Waals surface area contributed by atoms with Crippen molar-refractivity contribution in [1.82, 2.24) is 9.55 Å². The molecule has 0 aliphatic heterocycles. The Balaban J connectivity index is 1.39. The number of carbonyl (C=O) groups excluding carboxylic acids is 2. The quantitative estimate of drug-likeness (QED) is 0.111. The number of halogens is 1. The van der Waals surface area contributed by atoms with E-state index in [1.165, 1.54) is 0 Å². The molecule has 0 aliphatic rings. The van der Waals surface area contributed by atoms with Crippen LogP contribution in [0.15, 0.2) is 102 Å². The van der Waals surface area contributed by atoms with Crippen LogP contribution in [0.1, 0.15) is 36.5 Å².